The van der Waals surface area contributed by atoms with E-state index in [9.17, 15) is 9.59 Å². The fraction of sp³-hybridized carbons (Fsp3) is 0.474. The summed E-state index contributed by atoms with van der Waals surface area (Å²) < 4.78 is 10.7. The number of nitrogens with one attached hydrogen (secondary N) is 1. The Balaban J connectivity index is 2.02. The van der Waals surface area contributed by atoms with Gasteiger partial charge in [0.05, 0.1) is 19.8 Å². The Kier molecular flexibility index (Phi) is 4.60. The maximum absolute atomic E-state index is 12.9. The normalized spacial score (nSPS) is 16.2. The molecule has 0 saturated heterocycles. The predicted octanol–water partition coefficient (Wildman–Crippen LogP) is 2.98. The number of fused-ring (bicyclic) bond motifs is 1. The van der Waals surface area contributed by atoms with Crippen molar-refractivity contribution in [3.63, 3.8) is 0 Å². The molecule has 1 aromatic carbocycles. The Morgan fingerprint density at radius 1 is 1.17 bits per heavy atom. The molecule has 1 aromatic rings. The maximum Gasteiger partial charge on any atom is 0.255 e. The molecule has 1 N–H and O–H groups in total. The first-order valence-electron chi connectivity index (χ1n) is 8.45. The maximum atomic E-state index is 12.9. The van der Waals surface area contributed by atoms with Crippen LogP contribution in [-0.4, -0.2) is 32.5 Å². The Labute approximate surface area is 142 Å². The first kappa shape index (κ1) is 16.6. The van der Waals surface area contributed by atoms with E-state index in [1.165, 1.54) is 7.11 Å². The number of benzene rings is 1. The number of ketones is 1. The fourth-order valence-electron chi connectivity index (χ4n) is 3.17. The van der Waals surface area contributed by atoms with E-state index in [4.69, 9.17) is 9.47 Å². The largest absolute Gasteiger partial charge is 0.493 e. The molecule has 0 atom stereocenters. The summed E-state index contributed by atoms with van der Waals surface area (Å²) in [6, 6.07) is 3.51. The van der Waals surface area contributed by atoms with Crippen LogP contribution in [0.3, 0.4) is 0 Å². The van der Waals surface area contributed by atoms with Crippen molar-refractivity contribution in [1.29, 1.82) is 0 Å². The van der Waals surface area contributed by atoms with E-state index >= 15 is 0 Å². The zero-order chi connectivity index (χ0) is 17.3. The van der Waals surface area contributed by atoms with Crippen LogP contribution in [0.1, 0.15) is 48.5 Å². The zero-order valence-corrected chi connectivity index (χ0v) is 14.4. The number of rotatable bonds is 7. The molecule has 0 spiro atoms. The number of carbonyl (C=O) groups excluding carboxylic acids is 2. The lowest BCUT2D eigenvalue weighted by Gasteiger charge is -2.11. The summed E-state index contributed by atoms with van der Waals surface area (Å²) in [4.78, 5) is 25.5. The first-order chi connectivity index (χ1) is 11.6. The van der Waals surface area contributed by atoms with Crippen LogP contribution in [-0.2, 0) is 4.79 Å². The Bertz CT molecular complexity index is 716. The van der Waals surface area contributed by atoms with Gasteiger partial charge in [-0.05, 0) is 48.4 Å². The van der Waals surface area contributed by atoms with Crippen LogP contribution < -0.4 is 14.8 Å². The lowest BCUT2D eigenvalue weighted by molar-refractivity contribution is -0.117. The molecule has 1 amide bonds. The van der Waals surface area contributed by atoms with Gasteiger partial charge in [-0.2, -0.15) is 0 Å². The molecule has 3 rings (SSSR count). The van der Waals surface area contributed by atoms with Gasteiger partial charge in [0.2, 0.25) is 0 Å². The number of ether oxygens (including phenoxy) is 2. The van der Waals surface area contributed by atoms with Crippen LogP contribution in [0.2, 0.25) is 0 Å². The summed E-state index contributed by atoms with van der Waals surface area (Å²) in [7, 11) is 3.11. The molecule has 2 aliphatic rings. The molecule has 0 radical (unpaired) electrons. The number of hydrogen-bond donors (Lipinski definition) is 1. The summed E-state index contributed by atoms with van der Waals surface area (Å²) in [6.45, 7) is 2.66. The van der Waals surface area contributed by atoms with Crippen LogP contribution in [0.4, 0.5) is 0 Å². The van der Waals surface area contributed by atoms with E-state index in [1.807, 2.05) is 6.07 Å². The van der Waals surface area contributed by atoms with Crippen molar-refractivity contribution < 1.29 is 19.1 Å². The molecule has 0 unspecified atom stereocenters. The number of allylic oxidation sites excluding steroid dienone is 1. The van der Waals surface area contributed by atoms with Crippen molar-refractivity contribution in [1.82, 2.24) is 5.32 Å². The van der Waals surface area contributed by atoms with E-state index in [-0.39, 0.29) is 11.7 Å². The number of unbranched alkanes of at least 4 members (excludes halogenated alkanes) is 1. The summed E-state index contributed by atoms with van der Waals surface area (Å²) >= 11 is 0. The molecule has 2 aliphatic carbocycles. The fourth-order valence-corrected chi connectivity index (χ4v) is 3.17. The summed E-state index contributed by atoms with van der Waals surface area (Å²) in [5.74, 6) is 0.911. The van der Waals surface area contributed by atoms with Crippen molar-refractivity contribution >= 4 is 17.3 Å². The van der Waals surface area contributed by atoms with Gasteiger partial charge in [-0.25, -0.2) is 0 Å². The topological polar surface area (TPSA) is 64.6 Å². The van der Waals surface area contributed by atoms with Gasteiger partial charge in [-0.3, -0.25) is 9.59 Å². The molecular formula is C19H23NO4. The monoisotopic (exact) mass is 329 g/mol. The second kappa shape index (κ2) is 6.67. The molecular weight excluding hydrogens is 306 g/mol. The molecule has 128 valence electrons. The molecule has 0 aliphatic heterocycles. The molecule has 0 aromatic heterocycles. The van der Waals surface area contributed by atoms with Gasteiger partial charge in [0.1, 0.15) is 0 Å². The zero-order valence-electron chi connectivity index (χ0n) is 14.4. The third-order valence-electron chi connectivity index (χ3n) is 4.58. The van der Waals surface area contributed by atoms with Crippen molar-refractivity contribution in [2.45, 2.75) is 32.6 Å². The Morgan fingerprint density at radius 2 is 1.79 bits per heavy atom. The van der Waals surface area contributed by atoms with Gasteiger partial charge in [0.15, 0.2) is 17.3 Å². The summed E-state index contributed by atoms with van der Waals surface area (Å²) in [5, 5.41) is 2.88. The van der Waals surface area contributed by atoms with Crippen LogP contribution >= 0.6 is 0 Å². The second-order valence-corrected chi connectivity index (χ2v) is 6.25. The third-order valence-corrected chi connectivity index (χ3v) is 4.58. The molecule has 0 heterocycles. The highest BCUT2D eigenvalue weighted by Gasteiger charge is 2.41. The molecule has 5 nitrogen and oxygen atoms in total. The minimum absolute atomic E-state index is 0.207. The van der Waals surface area contributed by atoms with Crippen molar-refractivity contribution in [3.8, 4) is 11.5 Å². The van der Waals surface area contributed by atoms with Gasteiger partial charge in [-0.15, -0.1) is 0 Å². The Hall–Kier alpha value is -2.30. The highest BCUT2D eigenvalue weighted by atomic mass is 16.5. The second-order valence-electron chi connectivity index (χ2n) is 6.25. The van der Waals surface area contributed by atoms with Crippen LogP contribution in [0.5, 0.6) is 11.5 Å². The molecule has 24 heavy (non-hydrogen) atoms. The third kappa shape index (κ3) is 2.79. The van der Waals surface area contributed by atoms with Crippen LogP contribution in [0, 0.1) is 5.92 Å². The highest BCUT2D eigenvalue weighted by molar-refractivity contribution is 6.35. The van der Waals surface area contributed by atoms with E-state index in [0.717, 1.165) is 36.8 Å². The summed E-state index contributed by atoms with van der Waals surface area (Å²) in [5.41, 5.74) is 2.54. The van der Waals surface area contributed by atoms with Gasteiger partial charge < -0.3 is 14.8 Å². The quantitative estimate of drug-likeness (QED) is 0.617. The lowest BCUT2D eigenvalue weighted by Crippen LogP contribution is -2.28. The van der Waals surface area contributed by atoms with E-state index in [0.29, 0.717) is 35.1 Å². The number of amides is 1. The highest BCUT2D eigenvalue weighted by Crippen LogP contribution is 2.50. The van der Waals surface area contributed by atoms with Gasteiger partial charge in [-0.1, -0.05) is 13.3 Å². The molecule has 0 bridgehead atoms. The van der Waals surface area contributed by atoms with Crippen molar-refractivity contribution in [2.75, 3.05) is 20.8 Å². The van der Waals surface area contributed by atoms with Crippen molar-refractivity contribution in [2.24, 2.45) is 5.92 Å². The smallest absolute Gasteiger partial charge is 0.255 e. The van der Waals surface area contributed by atoms with Crippen LogP contribution in [0.15, 0.2) is 17.7 Å². The average Bonchev–Trinajstić information content (AvgIpc) is 3.38. The van der Waals surface area contributed by atoms with Gasteiger partial charge >= 0.3 is 0 Å². The standard InChI is InChI=1S/C19H23NO4/c1-4-5-8-20-19(22)17-16(11-6-7-11)12-9-14(23-2)15(24-3)10-13(12)18(17)21/h9-11H,4-8H2,1-3H3,(H,20,22). The lowest BCUT2D eigenvalue weighted by atomic mass is 10.00. The van der Waals surface area contributed by atoms with E-state index in [1.54, 1.807) is 13.2 Å². The van der Waals surface area contributed by atoms with E-state index < -0.39 is 0 Å². The number of Topliss-reactive ketones (excluding diaryl/α,β-unsaturated/α-hetero) is 1. The predicted molar refractivity (Wildman–Crippen MR) is 91.4 cm³/mol. The first-order valence-corrected chi connectivity index (χ1v) is 8.45. The number of carbonyl (C=O) groups is 2. The molecule has 1 saturated carbocycles. The summed E-state index contributed by atoms with van der Waals surface area (Å²) in [6.07, 6.45) is 3.93. The number of hydrogen-bond acceptors (Lipinski definition) is 4. The SMILES string of the molecule is CCCCNC(=O)C1=C(C2CC2)c2cc(OC)c(OC)cc2C1=O. The van der Waals surface area contributed by atoms with Gasteiger partial charge in [0.25, 0.3) is 5.91 Å². The molecule has 5 heteroatoms. The molecule has 1 fully saturated rings. The number of methoxy groups -OCH3 is 2. The van der Waals surface area contributed by atoms with E-state index in [2.05, 4.69) is 12.2 Å². The van der Waals surface area contributed by atoms with Crippen LogP contribution in [0.25, 0.3) is 5.57 Å². The van der Waals surface area contributed by atoms with Crippen molar-refractivity contribution in [3.05, 3.63) is 28.8 Å². The minimum atomic E-state index is -0.260. The average molecular weight is 329 g/mol. The minimum Gasteiger partial charge on any atom is -0.493 e. The van der Waals surface area contributed by atoms with Gasteiger partial charge in [0, 0.05) is 12.1 Å². The Morgan fingerprint density at radius 3 is 2.33 bits per heavy atom.